The summed E-state index contributed by atoms with van der Waals surface area (Å²) < 4.78 is 29.6. The van der Waals surface area contributed by atoms with Crippen LogP contribution in [0.5, 0.6) is 0 Å². The normalized spacial score (nSPS) is 13.7. The Kier molecular flexibility index (Phi) is 5.31. The fourth-order valence-corrected chi connectivity index (χ4v) is 5.26. The molecule has 150 valence electrons. The monoisotopic (exact) mass is 473 g/mol. The maximum Gasteiger partial charge on any atom is 0.267 e. The number of fused-ring (bicyclic) bond motifs is 1. The van der Waals surface area contributed by atoms with E-state index in [1.165, 1.54) is 0 Å². The predicted octanol–water partition coefficient (Wildman–Crippen LogP) is 4.19. The molecular formula is C21H20BrN3O3S. The molecule has 6 nitrogen and oxygen atoms in total. The van der Waals surface area contributed by atoms with Crippen molar-refractivity contribution in [3.8, 4) is 11.3 Å². The molecule has 1 aliphatic carbocycles. The van der Waals surface area contributed by atoms with Gasteiger partial charge in [-0.05, 0) is 74.1 Å². The average molecular weight is 474 g/mol. The molecule has 2 aromatic carbocycles. The van der Waals surface area contributed by atoms with Gasteiger partial charge in [0.05, 0.1) is 10.6 Å². The van der Waals surface area contributed by atoms with Crippen LogP contribution in [0.1, 0.15) is 29.5 Å². The number of nitrogens with one attached hydrogen (secondary N) is 2. The second-order valence-corrected chi connectivity index (χ2v) is 9.72. The molecule has 0 saturated heterocycles. The van der Waals surface area contributed by atoms with Crippen molar-refractivity contribution in [3.63, 3.8) is 0 Å². The van der Waals surface area contributed by atoms with Crippen LogP contribution in [0.25, 0.3) is 11.3 Å². The third-order valence-electron chi connectivity index (χ3n) is 5.14. The highest BCUT2D eigenvalue weighted by molar-refractivity contribution is 9.10. The van der Waals surface area contributed by atoms with Gasteiger partial charge in [-0.25, -0.2) is 13.5 Å². The zero-order valence-corrected chi connectivity index (χ0v) is 18.2. The molecule has 0 fully saturated rings. The molecule has 0 spiro atoms. The van der Waals surface area contributed by atoms with Crippen LogP contribution >= 0.6 is 15.9 Å². The molecule has 0 saturated carbocycles. The van der Waals surface area contributed by atoms with Crippen molar-refractivity contribution >= 4 is 31.6 Å². The molecule has 8 heteroatoms. The summed E-state index contributed by atoms with van der Waals surface area (Å²) in [6.45, 7) is 1.76. The number of benzene rings is 2. The summed E-state index contributed by atoms with van der Waals surface area (Å²) in [4.78, 5) is 12.3. The average Bonchev–Trinajstić information content (AvgIpc) is 2.71. The van der Waals surface area contributed by atoms with E-state index in [-0.39, 0.29) is 10.5 Å². The van der Waals surface area contributed by atoms with Crippen LogP contribution in [0, 0.1) is 6.92 Å². The number of sulfonamides is 1. The number of aromatic amines is 1. The van der Waals surface area contributed by atoms with E-state index in [1.54, 1.807) is 43.3 Å². The molecular weight excluding hydrogens is 454 g/mol. The number of nitrogens with zero attached hydrogens (tertiary/aromatic N) is 1. The molecule has 29 heavy (non-hydrogen) atoms. The Bertz CT molecular complexity index is 1240. The lowest BCUT2D eigenvalue weighted by atomic mass is 9.90. The molecule has 0 radical (unpaired) electrons. The van der Waals surface area contributed by atoms with Crippen LogP contribution in [0.3, 0.4) is 0 Å². The fourth-order valence-electron chi connectivity index (χ4n) is 3.66. The highest BCUT2D eigenvalue weighted by Crippen LogP contribution is 2.30. The summed E-state index contributed by atoms with van der Waals surface area (Å²) in [7, 11) is -3.78. The van der Waals surface area contributed by atoms with Crippen LogP contribution in [-0.2, 0) is 22.9 Å². The van der Waals surface area contributed by atoms with E-state index in [2.05, 4.69) is 30.8 Å². The first-order valence-electron chi connectivity index (χ1n) is 9.35. The number of hydrogen-bond acceptors (Lipinski definition) is 4. The SMILES string of the molecule is Cc1ccc(-c2n[nH]c(=O)c3c2CCCC3)cc1S(=O)(=O)Nc1ccc(Br)cc1. The largest absolute Gasteiger partial charge is 0.280 e. The summed E-state index contributed by atoms with van der Waals surface area (Å²) >= 11 is 3.34. The van der Waals surface area contributed by atoms with Gasteiger partial charge in [0.2, 0.25) is 0 Å². The smallest absolute Gasteiger partial charge is 0.267 e. The second kappa shape index (κ2) is 7.76. The minimum atomic E-state index is -3.78. The fraction of sp³-hybridized carbons (Fsp3) is 0.238. The molecule has 4 rings (SSSR count). The van der Waals surface area contributed by atoms with Gasteiger partial charge in [-0.3, -0.25) is 9.52 Å². The van der Waals surface area contributed by atoms with Crippen molar-refractivity contribution in [2.45, 2.75) is 37.5 Å². The van der Waals surface area contributed by atoms with Crippen molar-refractivity contribution in [2.75, 3.05) is 4.72 Å². The topological polar surface area (TPSA) is 91.9 Å². The van der Waals surface area contributed by atoms with Crippen molar-refractivity contribution in [3.05, 3.63) is 74.0 Å². The number of anilines is 1. The number of aryl methyl sites for hydroxylation is 1. The maximum atomic E-state index is 13.0. The Morgan fingerprint density at radius 1 is 1.03 bits per heavy atom. The molecule has 0 unspecified atom stereocenters. The molecule has 1 heterocycles. The van der Waals surface area contributed by atoms with E-state index in [0.29, 0.717) is 22.5 Å². The van der Waals surface area contributed by atoms with E-state index < -0.39 is 10.0 Å². The zero-order chi connectivity index (χ0) is 20.6. The molecule has 1 aliphatic rings. The number of halogens is 1. The number of rotatable bonds is 4. The van der Waals surface area contributed by atoms with Gasteiger partial charge in [0, 0.05) is 21.3 Å². The number of hydrogen-bond donors (Lipinski definition) is 2. The third kappa shape index (κ3) is 4.00. The first kappa shape index (κ1) is 19.8. The molecule has 0 aliphatic heterocycles. The van der Waals surface area contributed by atoms with Crippen LogP contribution in [0.4, 0.5) is 5.69 Å². The van der Waals surface area contributed by atoms with Gasteiger partial charge in [0.1, 0.15) is 0 Å². The summed E-state index contributed by atoms with van der Waals surface area (Å²) in [5.74, 6) is 0. The van der Waals surface area contributed by atoms with Crippen LogP contribution in [0.15, 0.2) is 56.6 Å². The van der Waals surface area contributed by atoms with Crippen molar-refractivity contribution in [1.29, 1.82) is 0 Å². The summed E-state index contributed by atoms with van der Waals surface area (Å²) in [5, 5.41) is 6.82. The van der Waals surface area contributed by atoms with Crippen LogP contribution in [0.2, 0.25) is 0 Å². The Morgan fingerprint density at radius 3 is 2.45 bits per heavy atom. The highest BCUT2D eigenvalue weighted by Gasteiger charge is 2.22. The van der Waals surface area contributed by atoms with E-state index in [0.717, 1.165) is 41.3 Å². The standard InChI is InChI=1S/C21H20BrN3O3S/c1-13-6-7-14(20-17-4-2-3-5-18(17)21(26)24-23-20)12-19(13)29(27,28)25-16-10-8-15(22)9-11-16/h6-12,25H,2-5H2,1H3,(H,24,26). The lowest BCUT2D eigenvalue weighted by Crippen LogP contribution is -2.21. The van der Waals surface area contributed by atoms with Crippen molar-refractivity contribution in [1.82, 2.24) is 10.2 Å². The molecule has 0 amide bonds. The number of H-pyrrole nitrogens is 1. The second-order valence-electron chi connectivity index (χ2n) is 7.16. The number of aromatic nitrogens is 2. The summed E-state index contributed by atoms with van der Waals surface area (Å²) in [6, 6.07) is 12.2. The minimum absolute atomic E-state index is 0.152. The lowest BCUT2D eigenvalue weighted by molar-refractivity contribution is 0.600. The Hall–Kier alpha value is -2.45. The van der Waals surface area contributed by atoms with E-state index in [9.17, 15) is 13.2 Å². The van der Waals surface area contributed by atoms with Gasteiger partial charge < -0.3 is 0 Å². The quantitative estimate of drug-likeness (QED) is 0.593. The molecule has 2 N–H and O–H groups in total. The molecule has 0 atom stereocenters. The van der Waals surface area contributed by atoms with Gasteiger partial charge in [0.25, 0.3) is 15.6 Å². The molecule has 0 bridgehead atoms. The van der Waals surface area contributed by atoms with E-state index in [4.69, 9.17) is 0 Å². The molecule has 3 aromatic rings. The predicted molar refractivity (Wildman–Crippen MR) is 117 cm³/mol. The van der Waals surface area contributed by atoms with Crippen LogP contribution < -0.4 is 10.3 Å². The van der Waals surface area contributed by atoms with Crippen molar-refractivity contribution < 1.29 is 8.42 Å². The lowest BCUT2D eigenvalue weighted by Gasteiger charge is -2.18. The highest BCUT2D eigenvalue weighted by atomic mass is 79.9. The van der Waals surface area contributed by atoms with E-state index >= 15 is 0 Å². The van der Waals surface area contributed by atoms with E-state index in [1.807, 2.05) is 6.07 Å². The Balaban J connectivity index is 1.77. The van der Waals surface area contributed by atoms with Gasteiger partial charge in [0.15, 0.2) is 0 Å². The third-order valence-corrected chi connectivity index (χ3v) is 7.20. The minimum Gasteiger partial charge on any atom is -0.280 e. The first-order valence-corrected chi connectivity index (χ1v) is 11.6. The van der Waals surface area contributed by atoms with Gasteiger partial charge in [-0.1, -0.05) is 28.1 Å². The van der Waals surface area contributed by atoms with Gasteiger partial charge >= 0.3 is 0 Å². The van der Waals surface area contributed by atoms with Crippen molar-refractivity contribution in [2.24, 2.45) is 0 Å². The molecule has 1 aromatic heterocycles. The van der Waals surface area contributed by atoms with Crippen LogP contribution in [-0.4, -0.2) is 18.6 Å². The summed E-state index contributed by atoms with van der Waals surface area (Å²) in [6.07, 6.45) is 3.47. The zero-order valence-electron chi connectivity index (χ0n) is 15.8. The maximum absolute atomic E-state index is 13.0. The Labute approximate surface area is 177 Å². The summed E-state index contributed by atoms with van der Waals surface area (Å²) in [5.41, 5.74) is 3.99. The van der Waals surface area contributed by atoms with Gasteiger partial charge in [-0.2, -0.15) is 5.10 Å². The Morgan fingerprint density at radius 2 is 1.72 bits per heavy atom. The van der Waals surface area contributed by atoms with Gasteiger partial charge in [-0.15, -0.1) is 0 Å². The first-order chi connectivity index (χ1) is 13.8.